The maximum Gasteiger partial charge on any atom is 0.223 e. The van der Waals surface area contributed by atoms with Crippen molar-refractivity contribution in [2.24, 2.45) is 0 Å². The molecule has 2 bridgehead atoms. The zero-order valence-electron chi connectivity index (χ0n) is 20.2. The molecule has 1 aromatic carbocycles. The minimum Gasteiger partial charge on any atom is -0.386 e. The molecule has 182 valence electrons. The fraction of sp³-hybridized carbons (Fsp3) is 0.522. The van der Waals surface area contributed by atoms with Gasteiger partial charge < -0.3 is 29.6 Å². The molecule has 5 atom stereocenters. The van der Waals surface area contributed by atoms with Crippen LogP contribution in [0.15, 0.2) is 18.3 Å². The second-order valence-corrected chi connectivity index (χ2v) is 9.81. The van der Waals surface area contributed by atoms with E-state index in [-0.39, 0.29) is 34.8 Å². The van der Waals surface area contributed by atoms with E-state index >= 15 is 4.39 Å². The van der Waals surface area contributed by atoms with Crippen LogP contribution in [-0.2, 0) is 15.1 Å². The molecule has 11 heteroatoms. The predicted octanol–water partition coefficient (Wildman–Crippen LogP) is 3.38. The third-order valence-electron chi connectivity index (χ3n) is 5.93. The molecule has 9 nitrogen and oxygen atoms in total. The fourth-order valence-electron chi connectivity index (χ4n) is 4.40. The third kappa shape index (κ3) is 4.03. The Hall–Kier alpha value is -2.37. The number of fused-ring (bicyclic) bond motifs is 3. The Balaban J connectivity index is 1.56. The summed E-state index contributed by atoms with van der Waals surface area (Å²) in [6.45, 7) is 7.29. The Labute approximate surface area is 202 Å². The molecular formula is C23H27ClFN5O4. The Bertz CT molecular complexity index is 1270. The number of nitrogens with zero attached hydrogens (tertiary/aromatic N) is 4. The van der Waals surface area contributed by atoms with Gasteiger partial charge in [-0.2, -0.15) is 0 Å². The molecule has 3 aromatic rings. The highest BCUT2D eigenvalue weighted by Crippen LogP contribution is 2.35. The minimum atomic E-state index is -1.28. The van der Waals surface area contributed by atoms with Crippen molar-refractivity contribution >= 4 is 28.6 Å². The van der Waals surface area contributed by atoms with Crippen LogP contribution >= 0.6 is 11.6 Å². The highest BCUT2D eigenvalue weighted by atomic mass is 35.5. The number of aromatic nitrogens is 4. The lowest BCUT2D eigenvalue weighted by molar-refractivity contribution is -0.156. The first-order chi connectivity index (χ1) is 16.5. The predicted molar refractivity (Wildman–Crippen MR) is 124 cm³/mol. The van der Waals surface area contributed by atoms with E-state index in [1.807, 2.05) is 13.8 Å². The number of imidazole rings is 1. The molecule has 2 saturated heterocycles. The van der Waals surface area contributed by atoms with Crippen molar-refractivity contribution in [3.8, 4) is 11.3 Å². The van der Waals surface area contributed by atoms with Crippen LogP contribution in [0.3, 0.4) is 0 Å². The van der Waals surface area contributed by atoms with Gasteiger partial charge in [0.2, 0.25) is 5.95 Å². The van der Waals surface area contributed by atoms with Crippen LogP contribution in [-0.4, -0.2) is 60.9 Å². The van der Waals surface area contributed by atoms with Crippen molar-refractivity contribution in [1.29, 1.82) is 0 Å². The van der Waals surface area contributed by atoms with Crippen molar-refractivity contribution in [1.82, 2.24) is 19.5 Å². The Morgan fingerprint density at radius 2 is 2.12 bits per heavy atom. The van der Waals surface area contributed by atoms with Crippen molar-refractivity contribution < 1.29 is 25.4 Å². The van der Waals surface area contributed by atoms with E-state index in [0.717, 1.165) is 0 Å². The number of anilines is 1. The summed E-state index contributed by atoms with van der Waals surface area (Å²) in [5, 5.41) is 24.3. The minimum absolute atomic E-state index is 0.101. The average Bonchev–Trinajstić information content (AvgIpc) is 3.40. The van der Waals surface area contributed by atoms with Gasteiger partial charge in [0.15, 0.2) is 12.1 Å². The number of ether oxygens (including phenoxy) is 2. The molecule has 0 aliphatic carbocycles. The molecule has 1 unspecified atom stereocenters. The number of halogens is 2. The highest BCUT2D eigenvalue weighted by Gasteiger charge is 2.43. The number of rotatable bonds is 5. The molecule has 4 heterocycles. The number of aliphatic hydroxyl groups is 2. The van der Waals surface area contributed by atoms with Gasteiger partial charge >= 0.3 is 0 Å². The number of hydrogen-bond acceptors (Lipinski definition) is 8. The molecule has 2 fully saturated rings. The van der Waals surface area contributed by atoms with E-state index in [0.29, 0.717) is 16.9 Å². The number of hydrogen-bond donors (Lipinski definition) is 3. The van der Waals surface area contributed by atoms with Crippen molar-refractivity contribution in [2.75, 3.05) is 11.9 Å². The SMILES string of the molecule is [2H][C@@H]1C(Nc2ncc(Cl)c(-c3cc(F)c4nc(C(C)(C)O)n(C(C)C)c4c3)n2)[C@H](O)[C@@H]2OC[C@H]1O2. The van der Waals surface area contributed by atoms with Gasteiger partial charge in [-0.25, -0.2) is 19.3 Å². The van der Waals surface area contributed by atoms with E-state index in [1.54, 1.807) is 24.5 Å². The van der Waals surface area contributed by atoms with Gasteiger partial charge in [-0.05, 0) is 46.2 Å². The lowest BCUT2D eigenvalue weighted by atomic mass is 10.0. The normalized spacial score (nSPS) is 27.4. The molecule has 0 saturated carbocycles. The first-order valence-corrected chi connectivity index (χ1v) is 11.4. The second-order valence-electron chi connectivity index (χ2n) is 9.40. The Kier molecular flexibility index (Phi) is 5.45. The summed E-state index contributed by atoms with van der Waals surface area (Å²) in [5.74, 6) is -0.102. The van der Waals surface area contributed by atoms with Crippen LogP contribution in [0, 0.1) is 5.82 Å². The summed E-state index contributed by atoms with van der Waals surface area (Å²) in [6.07, 6.45) is -1.80. The Morgan fingerprint density at radius 1 is 1.35 bits per heavy atom. The smallest absolute Gasteiger partial charge is 0.223 e. The van der Waals surface area contributed by atoms with Gasteiger partial charge in [-0.3, -0.25) is 0 Å². The van der Waals surface area contributed by atoms with Gasteiger partial charge in [0.05, 0.1) is 41.2 Å². The summed E-state index contributed by atoms with van der Waals surface area (Å²) in [6, 6.07) is 2.18. The van der Waals surface area contributed by atoms with Crippen LogP contribution < -0.4 is 5.32 Å². The first kappa shape index (κ1) is 22.1. The maximum atomic E-state index is 15.2. The second kappa shape index (κ2) is 8.39. The van der Waals surface area contributed by atoms with Crippen molar-refractivity contribution in [3.05, 3.63) is 35.0 Å². The summed E-state index contributed by atoms with van der Waals surface area (Å²) < 4.78 is 36.3. The Morgan fingerprint density at radius 3 is 2.82 bits per heavy atom. The highest BCUT2D eigenvalue weighted by molar-refractivity contribution is 6.33. The summed E-state index contributed by atoms with van der Waals surface area (Å²) in [7, 11) is 0. The molecule has 0 amide bonds. The van der Waals surface area contributed by atoms with Crippen LogP contribution in [0.1, 0.15) is 47.3 Å². The van der Waals surface area contributed by atoms with Gasteiger partial charge in [-0.15, -0.1) is 0 Å². The zero-order chi connectivity index (χ0) is 25.2. The lowest BCUT2D eigenvalue weighted by Crippen LogP contribution is -2.48. The van der Waals surface area contributed by atoms with Gasteiger partial charge in [-0.1, -0.05) is 11.6 Å². The van der Waals surface area contributed by atoms with Gasteiger partial charge in [0.25, 0.3) is 0 Å². The zero-order valence-corrected chi connectivity index (χ0v) is 19.9. The molecule has 2 aliphatic heterocycles. The molecule has 0 spiro atoms. The molecule has 2 aromatic heterocycles. The topological polar surface area (TPSA) is 115 Å². The van der Waals surface area contributed by atoms with Gasteiger partial charge in [0, 0.05) is 13.0 Å². The van der Waals surface area contributed by atoms with E-state index in [2.05, 4.69) is 20.3 Å². The van der Waals surface area contributed by atoms with E-state index in [4.69, 9.17) is 22.4 Å². The third-order valence-corrected chi connectivity index (χ3v) is 6.20. The van der Waals surface area contributed by atoms with Crippen LogP contribution in [0.4, 0.5) is 10.3 Å². The molecule has 0 radical (unpaired) electrons. The van der Waals surface area contributed by atoms with E-state index in [9.17, 15) is 10.2 Å². The first-order valence-electron chi connectivity index (χ1n) is 11.6. The molecular weight excluding hydrogens is 465 g/mol. The fourth-order valence-corrected chi connectivity index (χ4v) is 4.60. The summed E-state index contributed by atoms with van der Waals surface area (Å²) in [4.78, 5) is 13.0. The van der Waals surface area contributed by atoms with Gasteiger partial charge in [0.1, 0.15) is 23.0 Å². The van der Waals surface area contributed by atoms with Crippen molar-refractivity contribution in [2.45, 2.75) is 70.3 Å². The number of nitrogens with one attached hydrogen (secondary N) is 1. The number of aliphatic hydroxyl groups excluding tert-OH is 1. The maximum absolute atomic E-state index is 15.2. The van der Waals surface area contributed by atoms with Crippen LogP contribution in [0.25, 0.3) is 22.3 Å². The van der Waals surface area contributed by atoms with Crippen LogP contribution in [0.2, 0.25) is 5.02 Å². The number of benzene rings is 1. The average molecular weight is 493 g/mol. The standard InChI is InChI=1S/C23H27ClFN5O4/c1-10(2)30-16-6-11(5-14(25)18(16)28-21(30)23(3,4)32)17-13(24)8-26-22(29-17)27-15-7-12-9-33-20(34-12)19(15)31/h5-6,8,10,12,15,19-20,31-32H,7,9H2,1-4H3,(H,26,27,29)/t12-,15?,19-,20+/m0/s1/i7D/t7-,12-,15?,19-,20+. The van der Waals surface area contributed by atoms with Crippen molar-refractivity contribution in [3.63, 3.8) is 0 Å². The molecule has 5 rings (SSSR count). The van der Waals surface area contributed by atoms with E-state index in [1.165, 1.54) is 12.3 Å². The lowest BCUT2D eigenvalue weighted by Gasteiger charge is -2.32. The summed E-state index contributed by atoms with van der Waals surface area (Å²) in [5.41, 5.74) is 0.0265. The molecule has 2 aliphatic rings. The largest absolute Gasteiger partial charge is 0.386 e. The summed E-state index contributed by atoms with van der Waals surface area (Å²) >= 11 is 6.41. The molecule has 34 heavy (non-hydrogen) atoms. The monoisotopic (exact) mass is 492 g/mol. The van der Waals surface area contributed by atoms with Crippen LogP contribution in [0.5, 0.6) is 0 Å². The van der Waals surface area contributed by atoms with E-state index < -0.39 is 42.4 Å². The quantitative estimate of drug-likeness (QED) is 0.496. The molecule has 3 N–H and O–H groups in total.